The zero-order valence-electron chi connectivity index (χ0n) is 12.4. The van der Waals surface area contributed by atoms with E-state index in [4.69, 9.17) is 0 Å². The molecular formula is C15H19N5O2. The summed E-state index contributed by atoms with van der Waals surface area (Å²) < 4.78 is 1.95. The summed E-state index contributed by atoms with van der Waals surface area (Å²) >= 11 is 0. The van der Waals surface area contributed by atoms with Crippen molar-refractivity contribution in [3.05, 3.63) is 48.3 Å². The van der Waals surface area contributed by atoms with Gasteiger partial charge in [-0.25, -0.2) is 4.98 Å². The molecule has 2 aromatic rings. The first-order chi connectivity index (χ1) is 10.6. The number of aliphatic hydroxyl groups is 1. The summed E-state index contributed by atoms with van der Waals surface area (Å²) in [6.07, 6.45) is 4.63. The van der Waals surface area contributed by atoms with E-state index >= 15 is 0 Å². The van der Waals surface area contributed by atoms with Gasteiger partial charge in [0.15, 0.2) is 0 Å². The number of carbonyl (C=O) groups excluding carboxylic acids is 1. The minimum absolute atomic E-state index is 0.261. The fourth-order valence-corrected chi connectivity index (χ4v) is 2.63. The topological polar surface area (TPSA) is 83.3 Å². The van der Waals surface area contributed by atoms with Crippen LogP contribution in [0, 0.1) is 0 Å². The molecule has 1 amide bonds. The van der Waals surface area contributed by atoms with Crippen LogP contribution in [0.4, 0.5) is 0 Å². The number of rotatable bonds is 4. The van der Waals surface area contributed by atoms with E-state index < -0.39 is 6.10 Å². The molecule has 1 fully saturated rings. The summed E-state index contributed by atoms with van der Waals surface area (Å²) in [5.41, 5.74) is 0.359. The van der Waals surface area contributed by atoms with Crippen molar-refractivity contribution in [1.29, 1.82) is 0 Å². The van der Waals surface area contributed by atoms with Crippen molar-refractivity contribution in [3.63, 3.8) is 0 Å². The van der Waals surface area contributed by atoms with Crippen molar-refractivity contribution in [2.45, 2.75) is 18.7 Å². The fraction of sp³-hybridized carbons (Fsp3) is 0.400. The zero-order valence-corrected chi connectivity index (χ0v) is 12.4. The van der Waals surface area contributed by atoms with Crippen molar-refractivity contribution in [2.24, 2.45) is 7.05 Å². The highest BCUT2D eigenvalue weighted by molar-refractivity contribution is 5.92. The van der Waals surface area contributed by atoms with Crippen molar-refractivity contribution in [2.75, 3.05) is 13.1 Å². The molecule has 3 rings (SSSR count). The Hall–Kier alpha value is -2.25. The minimum Gasteiger partial charge on any atom is -0.390 e. The summed E-state index contributed by atoms with van der Waals surface area (Å²) in [5, 5.41) is 13.0. The van der Waals surface area contributed by atoms with Gasteiger partial charge in [-0.15, -0.1) is 0 Å². The van der Waals surface area contributed by atoms with E-state index in [1.807, 2.05) is 17.8 Å². The second-order valence-electron chi connectivity index (χ2n) is 5.51. The van der Waals surface area contributed by atoms with Crippen LogP contribution in [0.5, 0.6) is 0 Å². The molecule has 0 radical (unpaired) electrons. The first-order valence-electron chi connectivity index (χ1n) is 7.22. The molecule has 0 spiro atoms. The number of aromatic nitrogens is 3. The number of β-amino-alcohol motifs (C(OH)–C–C–N with tert-alkyl or cyclic N) is 1. The second-order valence-corrected chi connectivity index (χ2v) is 5.51. The third-order valence-electron chi connectivity index (χ3n) is 3.86. The second kappa shape index (κ2) is 6.25. The fourth-order valence-electron chi connectivity index (χ4n) is 2.63. The van der Waals surface area contributed by atoms with Gasteiger partial charge in [0.2, 0.25) is 0 Å². The van der Waals surface area contributed by atoms with Gasteiger partial charge in [0.1, 0.15) is 11.5 Å². The molecule has 1 aliphatic heterocycles. The Morgan fingerprint density at radius 3 is 2.91 bits per heavy atom. The molecule has 3 heterocycles. The number of nitrogens with one attached hydrogen (secondary N) is 1. The number of carbonyl (C=O) groups is 1. The summed E-state index contributed by atoms with van der Waals surface area (Å²) in [7, 11) is 1.94. The van der Waals surface area contributed by atoms with Gasteiger partial charge in [0.25, 0.3) is 5.91 Å². The van der Waals surface area contributed by atoms with E-state index in [0.29, 0.717) is 25.3 Å². The number of likely N-dealkylation sites (tertiary alicyclic amines) is 1. The molecule has 1 saturated heterocycles. The molecule has 2 N–H and O–H groups in total. The van der Waals surface area contributed by atoms with Gasteiger partial charge in [0, 0.05) is 38.7 Å². The van der Waals surface area contributed by atoms with Gasteiger partial charge in [0.05, 0.1) is 18.7 Å². The molecule has 0 bridgehead atoms. The molecule has 0 saturated carbocycles. The number of nitrogens with zero attached hydrogens (tertiary/aromatic N) is 4. The molecule has 2 aromatic heterocycles. The van der Waals surface area contributed by atoms with Crippen LogP contribution in [0.15, 0.2) is 36.8 Å². The van der Waals surface area contributed by atoms with Crippen molar-refractivity contribution in [3.8, 4) is 0 Å². The van der Waals surface area contributed by atoms with Gasteiger partial charge in [-0.05, 0) is 12.1 Å². The Bertz CT molecular complexity index is 642. The molecule has 2 atom stereocenters. The van der Waals surface area contributed by atoms with Crippen molar-refractivity contribution in [1.82, 2.24) is 24.8 Å². The smallest absolute Gasteiger partial charge is 0.270 e. The molecule has 0 aromatic carbocycles. The van der Waals surface area contributed by atoms with Crippen molar-refractivity contribution < 1.29 is 9.90 Å². The monoisotopic (exact) mass is 301 g/mol. The Balaban J connectivity index is 1.59. The maximum absolute atomic E-state index is 12.1. The van der Waals surface area contributed by atoms with E-state index in [1.165, 1.54) is 0 Å². The first-order valence-corrected chi connectivity index (χ1v) is 7.22. The Kier molecular flexibility index (Phi) is 4.17. The van der Waals surface area contributed by atoms with Gasteiger partial charge in [-0.1, -0.05) is 6.07 Å². The number of pyridine rings is 1. The number of aliphatic hydroxyl groups excluding tert-OH is 1. The van der Waals surface area contributed by atoms with Crippen LogP contribution in [0.2, 0.25) is 0 Å². The summed E-state index contributed by atoms with van der Waals surface area (Å²) in [6, 6.07) is 4.88. The molecule has 1 aliphatic rings. The average molecular weight is 301 g/mol. The highest BCUT2D eigenvalue weighted by atomic mass is 16.3. The van der Waals surface area contributed by atoms with Crippen LogP contribution in [-0.2, 0) is 13.6 Å². The first kappa shape index (κ1) is 14.7. The zero-order chi connectivity index (χ0) is 15.5. The quantitative estimate of drug-likeness (QED) is 0.816. The minimum atomic E-state index is -0.590. The SMILES string of the molecule is Cn1ccnc1CN1C[C@@H](O)[C@H](NC(=O)c2ccccn2)C1. The van der Waals surface area contributed by atoms with E-state index in [0.717, 1.165) is 5.82 Å². The highest BCUT2D eigenvalue weighted by Gasteiger charge is 2.33. The Morgan fingerprint density at radius 1 is 1.36 bits per heavy atom. The number of hydrogen-bond acceptors (Lipinski definition) is 5. The van der Waals surface area contributed by atoms with E-state index in [1.54, 1.807) is 30.6 Å². The van der Waals surface area contributed by atoms with E-state index in [-0.39, 0.29) is 11.9 Å². The lowest BCUT2D eigenvalue weighted by Crippen LogP contribution is -2.43. The van der Waals surface area contributed by atoms with Crippen LogP contribution in [-0.4, -0.2) is 55.7 Å². The molecular weight excluding hydrogens is 282 g/mol. The molecule has 116 valence electrons. The van der Waals surface area contributed by atoms with Gasteiger partial charge >= 0.3 is 0 Å². The number of hydrogen-bond donors (Lipinski definition) is 2. The normalized spacial score (nSPS) is 21.9. The summed E-state index contributed by atoms with van der Waals surface area (Å²) in [6.45, 7) is 1.75. The lowest BCUT2D eigenvalue weighted by atomic mass is 10.2. The Labute approximate surface area is 128 Å². The molecule has 7 heteroatoms. The van der Waals surface area contributed by atoms with Crippen LogP contribution in [0.1, 0.15) is 16.3 Å². The lowest BCUT2D eigenvalue weighted by Gasteiger charge is -2.16. The van der Waals surface area contributed by atoms with Gasteiger partial charge in [-0.2, -0.15) is 0 Å². The third kappa shape index (κ3) is 3.15. The van der Waals surface area contributed by atoms with Crippen LogP contribution in [0.25, 0.3) is 0 Å². The largest absolute Gasteiger partial charge is 0.390 e. The molecule has 22 heavy (non-hydrogen) atoms. The number of imidazole rings is 1. The summed E-state index contributed by atoms with van der Waals surface area (Å²) in [5.74, 6) is 0.674. The average Bonchev–Trinajstić information content (AvgIpc) is 3.07. The standard InChI is InChI=1S/C15H19N5O2/c1-19-7-6-17-14(19)10-20-8-12(13(21)9-20)18-15(22)11-4-2-3-5-16-11/h2-7,12-13,21H,8-10H2,1H3,(H,18,22)/t12-,13-/m1/s1. The Morgan fingerprint density at radius 2 is 2.23 bits per heavy atom. The van der Waals surface area contributed by atoms with Crippen molar-refractivity contribution >= 4 is 5.91 Å². The lowest BCUT2D eigenvalue weighted by molar-refractivity contribution is 0.0883. The van der Waals surface area contributed by atoms with Crippen LogP contribution in [0.3, 0.4) is 0 Å². The summed E-state index contributed by atoms with van der Waals surface area (Å²) in [4.78, 5) is 22.5. The maximum atomic E-state index is 12.1. The van der Waals surface area contributed by atoms with Gasteiger partial charge < -0.3 is 15.0 Å². The predicted molar refractivity (Wildman–Crippen MR) is 80.0 cm³/mol. The van der Waals surface area contributed by atoms with E-state index in [9.17, 15) is 9.90 Å². The number of aryl methyl sites for hydroxylation is 1. The molecule has 0 unspecified atom stereocenters. The van der Waals surface area contributed by atoms with Crippen LogP contribution >= 0.6 is 0 Å². The highest BCUT2D eigenvalue weighted by Crippen LogP contribution is 2.13. The maximum Gasteiger partial charge on any atom is 0.270 e. The molecule has 7 nitrogen and oxygen atoms in total. The molecule has 0 aliphatic carbocycles. The van der Waals surface area contributed by atoms with Gasteiger partial charge in [-0.3, -0.25) is 14.7 Å². The van der Waals surface area contributed by atoms with Crippen LogP contribution < -0.4 is 5.32 Å². The van der Waals surface area contributed by atoms with E-state index in [2.05, 4.69) is 20.2 Å². The predicted octanol–water partition coefficient (Wildman–Crippen LogP) is -0.210. The number of amides is 1. The third-order valence-corrected chi connectivity index (χ3v) is 3.86.